The quantitative estimate of drug-likeness (QED) is 0.791. The molecule has 2 N–H and O–H groups in total. The maximum atomic E-state index is 12.3. The summed E-state index contributed by atoms with van der Waals surface area (Å²) in [5, 5.41) is 6.47. The van der Waals surface area contributed by atoms with Crippen molar-refractivity contribution in [3.8, 4) is 0 Å². The van der Waals surface area contributed by atoms with Gasteiger partial charge in [0.15, 0.2) is 0 Å². The van der Waals surface area contributed by atoms with Gasteiger partial charge in [-0.25, -0.2) is 0 Å². The van der Waals surface area contributed by atoms with Gasteiger partial charge in [-0.2, -0.15) is 0 Å². The van der Waals surface area contributed by atoms with Gasteiger partial charge in [0, 0.05) is 23.8 Å². The predicted octanol–water partition coefficient (Wildman–Crippen LogP) is 3.98. The fourth-order valence-electron chi connectivity index (χ4n) is 2.28. The number of aryl methyl sites for hydroxylation is 1. The fourth-order valence-corrected chi connectivity index (χ4v) is 2.28. The van der Waals surface area contributed by atoms with Crippen molar-refractivity contribution < 1.29 is 4.79 Å². The Hall–Kier alpha value is -1.51. The first-order valence-corrected chi connectivity index (χ1v) is 7.64. The lowest BCUT2D eigenvalue weighted by Crippen LogP contribution is -2.38. The van der Waals surface area contributed by atoms with E-state index in [2.05, 4.69) is 38.3 Å². The summed E-state index contributed by atoms with van der Waals surface area (Å²) in [6, 6.07) is 6.17. The Morgan fingerprint density at radius 2 is 1.95 bits per heavy atom. The van der Waals surface area contributed by atoms with Crippen molar-refractivity contribution in [3.05, 3.63) is 29.3 Å². The van der Waals surface area contributed by atoms with Crippen LogP contribution in [0.5, 0.6) is 0 Å². The van der Waals surface area contributed by atoms with Crippen LogP contribution in [-0.2, 0) is 0 Å². The van der Waals surface area contributed by atoms with Crippen molar-refractivity contribution in [1.29, 1.82) is 0 Å². The molecule has 0 aliphatic carbocycles. The third-order valence-electron chi connectivity index (χ3n) is 3.61. The highest BCUT2D eigenvalue weighted by Gasteiger charge is 2.16. The Bertz CT molecular complexity index is 441. The van der Waals surface area contributed by atoms with E-state index in [-0.39, 0.29) is 11.9 Å². The van der Waals surface area contributed by atoms with Gasteiger partial charge in [0.25, 0.3) is 5.91 Å². The number of benzene rings is 1. The predicted molar refractivity (Wildman–Crippen MR) is 86.3 cm³/mol. The molecule has 1 amide bonds. The Balaban J connectivity index is 2.78. The van der Waals surface area contributed by atoms with E-state index in [0.717, 1.165) is 36.2 Å². The number of anilines is 1. The van der Waals surface area contributed by atoms with Gasteiger partial charge in [-0.15, -0.1) is 0 Å². The zero-order chi connectivity index (χ0) is 15.1. The Morgan fingerprint density at radius 3 is 2.45 bits per heavy atom. The van der Waals surface area contributed by atoms with Crippen molar-refractivity contribution in [1.82, 2.24) is 5.32 Å². The number of carbonyl (C=O) groups excluding carboxylic acids is 1. The van der Waals surface area contributed by atoms with E-state index in [4.69, 9.17) is 0 Å². The Morgan fingerprint density at radius 1 is 1.25 bits per heavy atom. The molecule has 0 spiro atoms. The summed E-state index contributed by atoms with van der Waals surface area (Å²) in [6.45, 7) is 11.5. The van der Waals surface area contributed by atoms with Crippen molar-refractivity contribution in [2.75, 3.05) is 11.9 Å². The minimum atomic E-state index is 0.0325. The molecule has 20 heavy (non-hydrogen) atoms. The second kappa shape index (κ2) is 7.93. The summed E-state index contributed by atoms with van der Waals surface area (Å²) >= 11 is 0. The molecule has 3 heteroatoms. The van der Waals surface area contributed by atoms with Crippen LogP contribution < -0.4 is 10.6 Å². The van der Waals surface area contributed by atoms with Gasteiger partial charge in [0.05, 0.1) is 0 Å². The molecule has 0 fully saturated rings. The molecule has 0 heterocycles. The minimum absolute atomic E-state index is 0.0325. The summed E-state index contributed by atoms with van der Waals surface area (Å²) in [6.07, 6.45) is 2.05. The summed E-state index contributed by atoms with van der Waals surface area (Å²) in [4.78, 5) is 12.3. The summed E-state index contributed by atoms with van der Waals surface area (Å²) in [7, 11) is 0. The monoisotopic (exact) mass is 276 g/mol. The standard InChI is InChI=1S/C17H28N2O/c1-6-10-18-14-8-9-15(13(5)11-14)17(20)19-16(7-2)12(3)4/h8-9,11-12,16,18H,6-7,10H2,1-5H3,(H,19,20). The average molecular weight is 276 g/mol. The number of carbonyl (C=O) groups is 1. The van der Waals surface area contributed by atoms with Gasteiger partial charge >= 0.3 is 0 Å². The third kappa shape index (κ3) is 4.55. The van der Waals surface area contributed by atoms with Gasteiger partial charge in [0.1, 0.15) is 0 Å². The molecule has 0 radical (unpaired) electrons. The SMILES string of the molecule is CCCNc1ccc(C(=O)NC(CC)C(C)C)c(C)c1. The van der Waals surface area contributed by atoms with Gasteiger partial charge in [-0.3, -0.25) is 4.79 Å². The Labute approximate surface area is 123 Å². The topological polar surface area (TPSA) is 41.1 Å². The van der Waals surface area contributed by atoms with Crippen LogP contribution in [0.3, 0.4) is 0 Å². The van der Waals surface area contributed by atoms with Crippen LogP contribution in [0, 0.1) is 12.8 Å². The van der Waals surface area contributed by atoms with Crippen molar-refractivity contribution in [2.45, 2.75) is 53.5 Å². The van der Waals surface area contributed by atoms with Gasteiger partial charge in [0.2, 0.25) is 0 Å². The molecule has 0 aliphatic heterocycles. The molecule has 0 saturated carbocycles. The molecular weight excluding hydrogens is 248 g/mol. The van der Waals surface area contributed by atoms with Crippen LogP contribution in [0.4, 0.5) is 5.69 Å². The smallest absolute Gasteiger partial charge is 0.251 e. The molecule has 0 bridgehead atoms. The highest BCUT2D eigenvalue weighted by atomic mass is 16.1. The number of hydrogen-bond donors (Lipinski definition) is 2. The lowest BCUT2D eigenvalue weighted by molar-refractivity contribution is 0.0924. The number of nitrogens with one attached hydrogen (secondary N) is 2. The summed E-state index contributed by atoms with van der Waals surface area (Å²) in [5.74, 6) is 0.486. The molecule has 1 aromatic carbocycles. The minimum Gasteiger partial charge on any atom is -0.385 e. The summed E-state index contributed by atoms with van der Waals surface area (Å²) < 4.78 is 0. The first-order valence-electron chi connectivity index (χ1n) is 7.64. The number of amides is 1. The largest absolute Gasteiger partial charge is 0.385 e. The van der Waals surface area contributed by atoms with Gasteiger partial charge < -0.3 is 10.6 Å². The van der Waals surface area contributed by atoms with Crippen LogP contribution >= 0.6 is 0 Å². The van der Waals surface area contributed by atoms with Crippen LogP contribution in [0.25, 0.3) is 0 Å². The number of rotatable bonds is 7. The molecule has 0 aliphatic rings. The maximum Gasteiger partial charge on any atom is 0.251 e. The molecule has 112 valence electrons. The molecule has 1 aromatic rings. The van der Waals surface area contributed by atoms with E-state index in [1.54, 1.807) is 0 Å². The molecule has 0 saturated heterocycles. The molecule has 1 rings (SSSR count). The zero-order valence-electron chi connectivity index (χ0n) is 13.4. The van der Waals surface area contributed by atoms with Crippen molar-refractivity contribution in [3.63, 3.8) is 0 Å². The highest BCUT2D eigenvalue weighted by Crippen LogP contribution is 2.16. The van der Waals surface area contributed by atoms with Crippen LogP contribution in [0.2, 0.25) is 0 Å². The Kier molecular flexibility index (Phi) is 6.56. The van der Waals surface area contributed by atoms with E-state index in [1.807, 2.05) is 25.1 Å². The van der Waals surface area contributed by atoms with E-state index in [1.165, 1.54) is 0 Å². The summed E-state index contributed by atoms with van der Waals surface area (Å²) in [5.41, 5.74) is 2.87. The van der Waals surface area contributed by atoms with Gasteiger partial charge in [-0.1, -0.05) is 27.7 Å². The zero-order valence-corrected chi connectivity index (χ0v) is 13.4. The van der Waals surface area contributed by atoms with E-state index < -0.39 is 0 Å². The number of hydrogen-bond acceptors (Lipinski definition) is 2. The maximum absolute atomic E-state index is 12.3. The van der Waals surface area contributed by atoms with Crippen molar-refractivity contribution in [2.24, 2.45) is 5.92 Å². The molecule has 3 nitrogen and oxygen atoms in total. The molecule has 1 atom stereocenters. The first-order chi connectivity index (χ1) is 9.49. The third-order valence-corrected chi connectivity index (χ3v) is 3.61. The van der Waals surface area contributed by atoms with Crippen LogP contribution in [0.1, 0.15) is 56.5 Å². The van der Waals surface area contributed by atoms with Crippen molar-refractivity contribution >= 4 is 11.6 Å². The molecule has 0 aromatic heterocycles. The van der Waals surface area contributed by atoms with E-state index >= 15 is 0 Å². The van der Waals surface area contributed by atoms with Crippen LogP contribution in [-0.4, -0.2) is 18.5 Å². The second-order valence-electron chi connectivity index (χ2n) is 5.69. The molecular formula is C17H28N2O. The highest BCUT2D eigenvalue weighted by molar-refractivity contribution is 5.96. The van der Waals surface area contributed by atoms with E-state index in [0.29, 0.717) is 5.92 Å². The van der Waals surface area contributed by atoms with Crippen LogP contribution in [0.15, 0.2) is 18.2 Å². The molecule has 1 unspecified atom stereocenters. The van der Waals surface area contributed by atoms with Gasteiger partial charge in [-0.05, 0) is 49.4 Å². The first kappa shape index (κ1) is 16.5. The lowest BCUT2D eigenvalue weighted by atomic mass is 10.0. The average Bonchev–Trinajstić information content (AvgIpc) is 2.41. The lowest BCUT2D eigenvalue weighted by Gasteiger charge is -2.21. The second-order valence-corrected chi connectivity index (χ2v) is 5.69. The fraction of sp³-hybridized carbons (Fsp3) is 0.588. The normalized spacial score (nSPS) is 12.3. The van der Waals surface area contributed by atoms with E-state index in [9.17, 15) is 4.79 Å².